The largest absolute Gasteiger partial charge is 0.464 e. The van der Waals surface area contributed by atoms with Crippen LogP contribution in [-0.4, -0.2) is 49.2 Å². The minimum absolute atomic E-state index is 0.149. The Labute approximate surface area is 199 Å². The molecule has 0 saturated carbocycles. The summed E-state index contributed by atoms with van der Waals surface area (Å²) in [5.74, 6) is -0.174. The first-order chi connectivity index (χ1) is 15.3. The Morgan fingerprint density at radius 2 is 1.84 bits per heavy atom. The zero-order chi connectivity index (χ0) is 22.6. The molecular weight excluding hydrogens is 481 g/mol. The Hall–Kier alpha value is -1.29. The molecule has 0 unspecified atom stereocenters. The number of nitrogens with zero attached hydrogens (tertiary/aromatic N) is 1. The molecule has 172 valence electrons. The van der Waals surface area contributed by atoms with E-state index in [0.29, 0.717) is 26.5 Å². The van der Waals surface area contributed by atoms with Crippen LogP contribution >= 0.6 is 34.8 Å². The van der Waals surface area contributed by atoms with Gasteiger partial charge < -0.3 is 32.7 Å². The van der Waals surface area contributed by atoms with Crippen LogP contribution in [0.25, 0.3) is 22.2 Å². The van der Waals surface area contributed by atoms with Gasteiger partial charge in [-0.1, -0.05) is 34.8 Å². The molecule has 0 bridgehead atoms. The number of aromatic nitrogens is 1. The van der Waals surface area contributed by atoms with Crippen molar-refractivity contribution in [1.29, 1.82) is 0 Å². The molecule has 2 saturated heterocycles. The summed E-state index contributed by atoms with van der Waals surface area (Å²) in [6, 6.07) is 7.19. The second kappa shape index (κ2) is 8.49. The van der Waals surface area contributed by atoms with Crippen molar-refractivity contribution >= 4 is 45.7 Å². The summed E-state index contributed by atoms with van der Waals surface area (Å²) >= 11 is 19.7. The Kier molecular flexibility index (Phi) is 5.97. The van der Waals surface area contributed by atoms with E-state index >= 15 is 0 Å². The molecule has 0 aliphatic carbocycles. The van der Waals surface area contributed by atoms with Gasteiger partial charge >= 0.3 is 0 Å². The quantitative estimate of drug-likeness (QED) is 0.309. The molecule has 3 aromatic rings. The van der Waals surface area contributed by atoms with Gasteiger partial charge in [0.25, 0.3) is 0 Å². The third-order valence-electron chi connectivity index (χ3n) is 5.62. The highest BCUT2D eigenvalue weighted by Crippen LogP contribution is 2.49. The van der Waals surface area contributed by atoms with Gasteiger partial charge in [0, 0.05) is 12.5 Å². The lowest BCUT2D eigenvalue weighted by Gasteiger charge is -2.25. The molecule has 2 fully saturated rings. The molecule has 4 heterocycles. The number of hydrogen-bond donors (Lipinski definition) is 0. The molecule has 5 rings (SSSR count). The molecule has 2 aliphatic rings. The lowest BCUT2D eigenvalue weighted by molar-refractivity contribution is -0.204. The first-order valence-electron chi connectivity index (χ1n) is 10.1. The van der Waals surface area contributed by atoms with Crippen LogP contribution in [0.1, 0.15) is 20.1 Å². The average Bonchev–Trinajstić information content (AvgIpc) is 3.47. The van der Waals surface area contributed by atoms with E-state index in [1.165, 1.54) is 0 Å². The number of ether oxygens (including phenoxy) is 5. The van der Waals surface area contributed by atoms with E-state index in [4.69, 9.17) is 62.9 Å². The fourth-order valence-corrected chi connectivity index (χ4v) is 5.13. The number of hydrogen-bond acceptors (Lipinski definition) is 6. The van der Waals surface area contributed by atoms with E-state index in [1.54, 1.807) is 31.6 Å². The highest BCUT2D eigenvalue weighted by atomic mass is 35.5. The zero-order valence-corrected chi connectivity index (χ0v) is 19.9. The molecule has 0 spiro atoms. The van der Waals surface area contributed by atoms with Gasteiger partial charge in [0.2, 0.25) is 0 Å². The van der Waals surface area contributed by atoms with Crippen LogP contribution in [0, 0.1) is 0 Å². The van der Waals surface area contributed by atoms with Crippen LogP contribution in [0.3, 0.4) is 0 Å². The molecule has 7 nitrogen and oxygen atoms in total. The van der Waals surface area contributed by atoms with Gasteiger partial charge in [0.1, 0.15) is 36.0 Å². The van der Waals surface area contributed by atoms with Gasteiger partial charge in [-0.3, -0.25) is 0 Å². The van der Waals surface area contributed by atoms with Crippen molar-refractivity contribution in [2.75, 3.05) is 20.5 Å². The van der Waals surface area contributed by atoms with E-state index < -0.39 is 18.1 Å². The topological polar surface area (TPSA) is 64.2 Å². The van der Waals surface area contributed by atoms with Crippen LogP contribution in [0.2, 0.25) is 15.2 Å². The van der Waals surface area contributed by atoms with Crippen LogP contribution in [0.15, 0.2) is 34.9 Å². The van der Waals surface area contributed by atoms with Gasteiger partial charge in [0.05, 0.1) is 34.0 Å². The summed E-state index contributed by atoms with van der Waals surface area (Å²) in [5.41, 5.74) is 1.44. The minimum Gasteiger partial charge on any atom is -0.464 e. The Morgan fingerprint density at radius 3 is 2.56 bits per heavy atom. The van der Waals surface area contributed by atoms with Crippen LogP contribution < -0.4 is 0 Å². The lowest BCUT2D eigenvalue weighted by Crippen LogP contribution is -2.33. The predicted octanol–water partition coefficient (Wildman–Crippen LogP) is 5.90. The summed E-state index contributed by atoms with van der Waals surface area (Å²) < 4.78 is 36.9. The number of benzene rings is 1. The van der Waals surface area contributed by atoms with Crippen molar-refractivity contribution in [3.63, 3.8) is 0 Å². The van der Waals surface area contributed by atoms with Crippen LogP contribution in [0.4, 0.5) is 0 Å². The summed E-state index contributed by atoms with van der Waals surface area (Å²) in [5, 5.41) is 2.03. The van der Waals surface area contributed by atoms with Crippen molar-refractivity contribution in [2.24, 2.45) is 0 Å². The SMILES string of the molecule is COCOC[C@H]1O[C@@H](n2c(Cl)c(-c3ccco3)c3cc(Cl)c(Cl)cc32)[C@@H]2OC(C)(C)O[C@@H]21. The standard InChI is InChI=1S/C22H22Cl3NO6/c1-22(2)31-18-16(9-28-10-27-3)30-21(19(18)32-22)26-14-8-13(24)12(23)7-11(14)17(20(26)25)15-5-4-6-29-15/h4-8,16,18-19,21H,9-10H2,1-3H3/t16-,18-,19-,21-/m1/s1. The first kappa shape index (κ1) is 22.5. The number of furan rings is 1. The zero-order valence-electron chi connectivity index (χ0n) is 17.6. The van der Waals surface area contributed by atoms with Crippen molar-refractivity contribution in [1.82, 2.24) is 4.57 Å². The van der Waals surface area contributed by atoms with Crippen LogP contribution in [0.5, 0.6) is 0 Å². The second-order valence-electron chi connectivity index (χ2n) is 8.20. The molecule has 1 aromatic carbocycles. The molecule has 4 atom stereocenters. The molecule has 10 heteroatoms. The van der Waals surface area contributed by atoms with E-state index in [0.717, 1.165) is 10.9 Å². The summed E-state index contributed by atoms with van der Waals surface area (Å²) in [4.78, 5) is 0. The smallest absolute Gasteiger partial charge is 0.164 e. The molecule has 2 aliphatic heterocycles. The average molecular weight is 503 g/mol. The third kappa shape index (κ3) is 3.75. The van der Waals surface area contributed by atoms with Gasteiger partial charge in [0.15, 0.2) is 12.0 Å². The Bertz CT molecular complexity index is 1130. The first-order valence-corrected chi connectivity index (χ1v) is 11.2. The van der Waals surface area contributed by atoms with Crippen molar-refractivity contribution in [3.8, 4) is 11.3 Å². The predicted molar refractivity (Wildman–Crippen MR) is 120 cm³/mol. The normalized spacial score (nSPS) is 26.8. The number of rotatable bonds is 6. The molecule has 2 aromatic heterocycles. The number of fused-ring (bicyclic) bond motifs is 2. The second-order valence-corrected chi connectivity index (χ2v) is 9.38. The number of halogens is 3. The summed E-state index contributed by atoms with van der Waals surface area (Å²) in [7, 11) is 1.57. The minimum atomic E-state index is -0.781. The van der Waals surface area contributed by atoms with E-state index in [1.807, 2.05) is 24.5 Å². The van der Waals surface area contributed by atoms with Crippen molar-refractivity contribution < 1.29 is 28.1 Å². The molecular formula is C22H22Cl3NO6. The summed E-state index contributed by atoms with van der Waals surface area (Å²) in [6.45, 7) is 4.17. The monoisotopic (exact) mass is 501 g/mol. The molecule has 0 amide bonds. The Morgan fingerprint density at radius 1 is 1.09 bits per heavy atom. The fourth-order valence-electron chi connectivity index (χ4n) is 4.43. The van der Waals surface area contributed by atoms with Gasteiger partial charge in [-0.2, -0.15) is 0 Å². The van der Waals surface area contributed by atoms with Crippen molar-refractivity contribution in [3.05, 3.63) is 45.7 Å². The van der Waals surface area contributed by atoms with E-state index in [9.17, 15) is 0 Å². The molecule has 32 heavy (non-hydrogen) atoms. The maximum atomic E-state index is 6.95. The maximum Gasteiger partial charge on any atom is 0.164 e. The third-order valence-corrected chi connectivity index (χ3v) is 6.71. The number of methoxy groups -OCH3 is 1. The molecule has 0 radical (unpaired) electrons. The maximum absolute atomic E-state index is 6.95. The van der Waals surface area contributed by atoms with Gasteiger partial charge in [-0.05, 0) is 38.1 Å². The van der Waals surface area contributed by atoms with E-state index in [-0.39, 0.29) is 25.6 Å². The van der Waals surface area contributed by atoms with Crippen LogP contribution in [-0.2, 0) is 23.7 Å². The highest BCUT2D eigenvalue weighted by Gasteiger charge is 2.56. The van der Waals surface area contributed by atoms with Crippen molar-refractivity contribution in [2.45, 2.75) is 44.2 Å². The highest BCUT2D eigenvalue weighted by molar-refractivity contribution is 6.43. The van der Waals surface area contributed by atoms with Gasteiger partial charge in [-0.15, -0.1) is 0 Å². The summed E-state index contributed by atoms with van der Waals surface area (Å²) in [6.07, 6.45) is -0.156. The fraction of sp³-hybridized carbons (Fsp3) is 0.455. The van der Waals surface area contributed by atoms with Gasteiger partial charge in [-0.25, -0.2) is 0 Å². The lowest BCUT2D eigenvalue weighted by atomic mass is 10.1. The molecule has 0 N–H and O–H groups in total. The van der Waals surface area contributed by atoms with E-state index in [2.05, 4.69) is 0 Å². The Balaban J connectivity index is 1.64.